The quantitative estimate of drug-likeness (QED) is 0.608. The molecule has 1 aliphatic heterocycles. The van der Waals surface area contributed by atoms with Gasteiger partial charge in [0.2, 0.25) is 0 Å². The largest absolute Gasteiger partial charge is 0.303 e. The predicted molar refractivity (Wildman–Crippen MR) is 123 cm³/mol. The molecule has 0 spiro atoms. The number of rotatable bonds is 6. The maximum atomic E-state index is 13.0. The van der Waals surface area contributed by atoms with Crippen LogP contribution in [0, 0.1) is 0 Å². The summed E-state index contributed by atoms with van der Waals surface area (Å²) in [5.41, 5.74) is 4.42. The molecule has 154 valence electrons. The van der Waals surface area contributed by atoms with Crippen LogP contribution in [0.3, 0.4) is 0 Å². The van der Waals surface area contributed by atoms with E-state index in [9.17, 15) is 8.42 Å². The summed E-state index contributed by atoms with van der Waals surface area (Å²) in [5, 5.41) is 1.95. The van der Waals surface area contributed by atoms with Gasteiger partial charge in [-0.1, -0.05) is 42.5 Å². The summed E-state index contributed by atoms with van der Waals surface area (Å²) in [4.78, 5) is 2.80. The zero-order chi connectivity index (χ0) is 20.6. The van der Waals surface area contributed by atoms with Crippen LogP contribution in [0.25, 0.3) is 16.3 Å². The molecule has 1 N–H and O–H groups in total. The van der Waals surface area contributed by atoms with Crippen molar-refractivity contribution >= 4 is 32.1 Å². The van der Waals surface area contributed by atoms with Gasteiger partial charge < -0.3 is 4.90 Å². The van der Waals surface area contributed by atoms with E-state index < -0.39 is 10.0 Å². The Morgan fingerprint density at radius 3 is 2.53 bits per heavy atom. The van der Waals surface area contributed by atoms with Gasteiger partial charge >= 0.3 is 0 Å². The van der Waals surface area contributed by atoms with Crippen molar-refractivity contribution in [1.82, 2.24) is 4.90 Å². The van der Waals surface area contributed by atoms with Crippen LogP contribution in [0.2, 0.25) is 0 Å². The predicted octanol–water partition coefficient (Wildman–Crippen LogP) is 5.07. The molecule has 0 atom stereocenters. The molecule has 0 unspecified atom stereocenters. The summed E-state index contributed by atoms with van der Waals surface area (Å²) in [7, 11) is -3.64. The number of sulfonamides is 1. The summed E-state index contributed by atoms with van der Waals surface area (Å²) in [5.74, 6) is 0. The molecule has 0 bridgehead atoms. The van der Waals surface area contributed by atoms with Gasteiger partial charge in [-0.3, -0.25) is 4.72 Å². The third kappa shape index (κ3) is 3.87. The SMILES string of the molecule is O=S(=O)(Nc1ccc2c(c1)C(CCN1CCCC1)=CC2)c1ccc2ccccc2c1. The Morgan fingerprint density at radius 2 is 1.70 bits per heavy atom. The molecule has 0 amide bonds. The first-order valence-electron chi connectivity index (χ1n) is 10.6. The Bertz CT molecular complexity index is 1220. The van der Waals surface area contributed by atoms with Crippen LogP contribution in [-0.4, -0.2) is 33.0 Å². The topological polar surface area (TPSA) is 49.4 Å². The van der Waals surface area contributed by atoms with Crippen LogP contribution < -0.4 is 4.72 Å². The van der Waals surface area contributed by atoms with Crippen LogP contribution in [0.4, 0.5) is 5.69 Å². The molecule has 30 heavy (non-hydrogen) atoms. The molecule has 0 radical (unpaired) electrons. The lowest BCUT2D eigenvalue weighted by molar-refractivity contribution is 0.348. The van der Waals surface area contributed by atoms with Crippen molar-refractivity contribution in [3.05, 3.63) is 77.9 Å². The fraction of sp³-hybridized carbons (Fsp3) is 0.280. The monoisotopic (exact) mass is 418 g/mol. The fourth-order valence-electron chi connectivity index (χ4n) is 4.53. The highest BCUT2D eigenvalue weighted by molar-refractivity contribution is 7.92. The Labute approximate surface area is 178 Å². The molecule has 0 saturated carbocycles. The smallest absolute Gasteiger partial charge is 0.261 e. The van der Waals surface area contributed by atoms with E-state index in [4.69, 9.17) is 0 Å². The van der Waals surface area contributed by atoms with Crippen LogP contribution in [-0.2, 0) is 16.4 Å². The number of hydrogen-bond acceptors (Lipinski definition) is 3. The number of benzene rings is 3. The van der Waals surface area contributed by atoms with Crippen molar-refractivity contribution in [2.75, 3.05) is 24.4 Å². The van der Waals surface area contributed by atoms with Crippen molar-refractivity contribution in [1.29, 1.82) is 0 Å². The standard InChI is InChI=1S/C25H26N2O2S/c28-30(29,24-12-10-19-5-1-2-6-22(19)17-24)26-23-11-9-20-7-8-21(25(20)18-23)13-16-27-14-3-4-15-27/h1-2,5-6,8-12,17-18,26H,3-4,7,13-16H2. The van der Waals surface area contributed by atoms with Gasteiger partial charge in [0, 0.05) is 12.2 Å². The number of nitrogens with zero attached hydrogens (tertiary/aromatic N) is 1. The van der Waals surface area contributed by atoms with Crippen molar-refractivity contribution < 1.29 is 8.42 Å². The molecule has 5 heteroatoms. The third-order valence-corrected chi connectivity index (χ3v) is 7.58. The van der Waals surface area contributed by atoms with E-state index in [1.54, 1.807) is 12.1 Å². The lowest BCUT2D eigenvalue weighted by Gasteiger charge is -2.16. The maximum absolute atomic E-state index is 13.0. The number of nitrogens with one attached hydrogen (secondary N) is 1. The van der Waals surface area contributed by atoms with Crippen LogP contribution in [0.5, 0.6) is 0 Å². The van der Waals surface area contributed by atoms with E-state index in [-0.39, 0.29) is 4.90 Å². The van der Waals surface area contributed by atoms with Crippen molar-refractivity contribution in [2.24, 2.45) is 0 Å². The van der Waals surface area contributed by atoms with Crippen molar-refractivity contribution in [3.8, 4) is 0 Å². The highest BCUT2D eigenvalue weighted by Crippen LogP contribution is 2.33. The normalized spacial score (nSPS) is 16.6. The van der Waals surface area contributed by atoms with Gasteiger partial charge in [0.1, 0.15) is 0 Å². The number of fused-ring (bicyclic) bond motifs is 2. The molecule has 0 aromatic heterocycles. The van der Waals surface area contributed by atoms with Crippen LogP contribution >= 0.6 is 0 Å². The van der Waals surface area contributed by atoms with Gasteiger partial charge in [-0.25, -0.2) is 8.42 Å². The number of hydrogen-bond donors (Lipinski definition) is 1. The first-order chi connectivity index (χ1) is 14.6. The first-order valence-corrected chi connectivity index (χ1v) is 12.1. The Kier molecular flexibility index (Phi) is 5.09. The first kappa shape index (κ1) is 19.3. The molecule has 1 heterocycles. The second-order valence-electron chi connectivity index (χ2n) is 8.22. The zero-order valence-corrected chi connectivity index (χ0v) is 17.8. The zero-order valence-electron chi connectivity index (χ0n) is 17.0. The summed E-state index contributed by atoms with van der Waals surface area (Å²) in [6.45, 7) is 3.48. The van der Waals surface area contributed by atoms with Gasteiger partial charge in [-0.15, -0.1) is 0 Å². The second-order valence-corrected chi connectivity index (χ2v) is 9.90. The van der Waals surface area contributed by atoms with E-state index in [1.165, 1.54) is 42.6 Å². The molecule has 1 aliphatic carbocycles. The molecule has 3 aromatic rings. The van der Waals surface area contributed by atoms with Crippen LogP contribution in [0.1, 0.15) is 30.4 Å². The van der Waals surface area contributed by atoms with E-state index in [2.05, 4.69) is 15.7 Å². The molecule has 1 saturated heterocycles. The summed E-state index contributed by atoms with van der Waals surface area (Å²) in [6.07, 6.45) is 6.85. The molecular formula is C25H26N2O2S. The molecule has 3 aromatic carbocycles. The van der Waals surface area contributed by atoms with Gasteiger partial charge in [-0.05, 0) is 90.5 Å². The Hall–Kier alpha value is -2.63. The average molecular weight is 419 g/mol. The third-order valence-electron chi connectivity index (χ3n) is 6.20. The highest BCUT2D eigenvalue weighted by Gasteiger charge is 2.19. The number of anilines is 1. The number of allylic oxidation sites excluding steroid dienone is 1. The summed E-state index contributed by atoms with van der Waals surface area (Å²) in [6, 6.07) is 18.9. The Morgan fingerprint density at radius 1 is 0.900 bits per heavy atom. The van der Waals surface area contributed by atoms with Gasteiger partial charge in [0.05, 0.1) is 4.90 Å². The molecule has 4 nitrogen and oxygen atoms in total. The molecular weight excluding hydrogens is 392 g/mol. The minimum atomic E-state index is -3.64. The minimum absolute atomic E-state index is 0.284. The molecule has 2 aliphatic rings. The lowest BCUT2D eigenvalue weighted by Crippen LogP contribution is -2.20. The van der Waals surface area contributed by atoms with Gasteiger partial charge in [0.25, 0.3) is 10.0 Å². The molecule has 5 rings (SSSR count). The van der Waals surface area contributed by atoms with Crippen molar-refractivity contribution in [3.63, 3.8) is 0 Å². The van der Waals surface area contributed by atoms with E-state index in [0.717, 1.165) is 30.2 Å². The summed E-state index contributed by atoms with van der Waals surface area (Å²) >= 11 is 0. The fourth-order valence-corrected chi connectivity index (χ4v) is 5.61. The van der Waals surface area contributed by atoms with Gasteiger partial charge in [0.15, 0.2) is 0 Å². The highest BCUT2D eigenvalue weighted by atomic mass is 32.2. The molecule has 1 fully saturated rings. The Balaban J connectivity index is 1.36. The van der Waals surface area contributed by atoms with E-state index in [0.29, 0.717) is 5.69 Å². The average Bonchev–Trinajstić information content (AvgIpc) is 3.41. The van der Waals surface area contributed by atoms with E-state index >= 15 is 0 Å². The minimum Gasteiger partial charge on any atom is -0.303 e. The van der Waals surface area contributed by atoms with Crippen LogP contribution in [0.15, 0.2) is 71.6 Å². The van der Waals surface area contributed by atoms with E-state index in [1.807, 2.05) is 48.5 Å². The number of likely N-dealkylation sites (tertiary alicyclic amines) is 1. The van der Waals surface area contributed by atoms with Gasteiger partial charge in [-0.2, -0.15) is 0 Å². The summed E-state index contributed by atoms with van der Waals surface area (Å²) < 4.78 is 28.8. The van der Waals surface area contributed by atoms with Crippen molar-refractivity contribution in [2.45, 2.75) is 30.6 Å². The second kappa shape index (κ2) is 7.89. The maximum Gasteiger partial charge on any atom is 0.261 e. The lowest BCUT2D eigenvalue weighted by atomic mass is 10.0.